The van der Waals surface area contributed by atoms with E-state index in [-0.39, 0.29) is 36.8 Å². The Hall–Kier alpha value is -3.66. The van der Waals surface area contributed by atoms with Gasteiger partial charge in [-0.25, -0.2) is 0 Å². The fourth-order valence-electron chi connectivity index (χ4n) is 7.45. The van der Waals surface area contributed by atoms with Crippen LogP contribution in [0.5, 0.6) is 5.75 Å². The van der Waals surface area contributed by atoms with Gasteiger partial charge in [-0.15, -0.1) is 0 Å². The first-order valence-electron chi connectivity index (χ1n) is 15.2. The van der Waals surface area contributed by atoms with Gasteiger partial charge in [0.25, 0.3) is 5.91 Å². The predicted molar refractivity (Wildman–Crippen MR) is 168 cm³/mol. The first kappa shape index (κ1) is 30.4. The molecule has 0 radical (unpaired) electrons. The lowest BCUT2D eigenvalue weighted by molar-refractivity contribution is -0.149. The number of rotatable bonds is 7. The van der Waals surface area contributed by atoms with Gasteiger partial charge >= 0.3 is 0 Å². The average Bonchev–Trinajstić information content (AvgIpc) is 3.26. The van der Waals surface area contributed by atoms with E-state index < -0.39 is 35.1 Å². The summed E-state index contributed by atoms with van der Waals surface area (Å²) in [7, 11) is 0. The number of aliphatic hydroxyl groups excluding tert-OH is 1. The number of likely N-dealkylation sites (tertiary alicyclic amines) is 1. The molecule has 6 rings (SSSR count). The van der Waals surface area contributed by atoms with E-state index in [0.717, 1.165) is 0 Å². The van der Waals surface area contributed by atoms with Crippen molar-refractivity contribution in [1.82, 2.24) is 4.90 Å². The van der Waals surface area contributed by atoms with Crippen LogP contribution in [0.25, 0.3) is 0 Å². The number of carbonyl (C=O) groups is 3. The Labute approximate surface area is 262 Å². The molecule has 0 bridgehead atoms. The summed E-state index contributed by atoms with van der Waals surface area (Å²) >= 11 is 6.56. The molecule has 3 amide bonds. The van der Waals surface area contributed by atoms with Crippen LogP contribution in [0.4, 0.5) is 11.4 Å². The van der Waals surface area contributed by atoms with Crippen molar-refractivity contribution in [3.8, 4) is 5.75 Å². The highest BCUT2D eigenvalue weighted by Gasteiger charge is 2.75. The van der Waals surface area contributed by atoms with Gasteiger partial charge in [0.2, 0.25) is 11.8 Å². The van der Waals surface area contributed by atoms with E-state index in [9.17, 15) is 19.5 Å². The lowest BCUT2D eigenvalue weighted by atomic mass is 9.74. The molecule has 1 N–H and O–H groups in total. The van der Waals surface area contributed by atoms with Gasteiger partial charge in [0.1, 0.15) is 17.4 Å². The number of hydrogen-bond donors (Lipinski definition) is 1. The Bertz CT molecular complexity index is 1530. The second kappa shape index (κ2) is 11.4. The molecule has 1 unspecified atom stereocenters. The Kier molecular flexibility index (Phi) is 7.84. The van der Waals surface area contributed by atoms with Crippen LogP contribution in [0.2, 0.25) is 5.02 Å². The van der Waals surface area contributed by atoms with E-state index in [1.165, 1.54) is 4.90 Å². The van der Waals surface area contributed by atoms with Crippen LogP contribution >= 0.6 is 11.6 Å². The SMILES string of the molecule is CCOc1ccc(N2CC=C[C@]3(C)O[C@]45C=CCN(c6ccccc6Cl)C(=O)C4N([C@@H](CO)C(C)C)C(=O)[C@@H]5[C@@H]3C2=O)cc1. The number of nitrogens with zero attached hydrogens (tertiary/aromatic N) is 3. The maximum atomic E-state index is 14.7. The van der Waals surface area contributed by atoms with Crippen LogP contribution in [0.3, 0.4) is 0 Å². The average molecular weight is 620 g/mol. The third-order valence-corrected chi connectivity index (χ3v) is 9.73. The van der Waals surface area contributed by atoms with Gasteiger partial charge in [-0.05, 0) is 56.2 Å². The maximum absolute atomic E-state index is 14.7. The van der Waals surface area contributed by atoms with Crippen molar-refractivity contribution in [2.75, 3.05) is 36.1 Å². The summed E-state index contributed by atoms with van der Waals surface area (Å²) in [5, 5.41) is 10.9. The molecule has 44 heavy (non-hydrogen) atoms. The molecule has 0 aliphatic carbocycles. The van der Waals surface area contributed by atoms with Crippen LogP contribution < -0.4 is 14.5 Å². The van der Waals surface area contributed by atoms with Crippen LogP contribution in [0.1, 0.15) is 27.7 Å². The number of hydrogen-bond acceptors (Lipinski definition) is 6. The zero-order valence-electron chi connectivity index (χ0n) is 25.4. The number of halogens is 1. The molecule has 9 nitrogen and oxygen atoms in total. The second-order valence-corrected chi connectivity index (χ2v) is 12.7. The van der Waals surface area contributed by atoms with Crippen LogP contribution in [0, 0.1) is 17.8 Å². The van der Waals surface area contributed by atoms with E-state index in [2.05, 4.69) is 0 Å². The highest BCUT2D eigenvalue weighted by Crippen LogP contribution is 2.58. The molecule has 2 aromatic carbocycles. The van der Waals surface area contributed by atoms with Crippen LogP contribution in [-0.2, 0) is 19.1 Å². The number of aliphatic hydroxyl groups is 1. The molecular formula is C34H38ClN3O6. The number of amides is 3. The molecule has 2 saturated heterocycles. The fourth-order valence-corrected chi connectivity index (χ4v) is 7.68. The first-order valence-corrected chi connectivity index (χ1v) is 15.5. The third kappa shape index (κ3) is 4.55. The molecule has 0 saturated carbocycles. The molecular weight excluding hydrogens is 582 g/mol. The summed E-state index contributed by atoms with van der Waals surface area (Å²) in [5.74, 6) is -2.44. The van der Waals surface area contributed by atoms with Crippen molar-refractivity contribution in [1.29, 1.82) is 0 Å². The van der Waals surface area contributed by atoms with Crippen LogP contribution in [-0.4, -0.2) is 77.3 Å². The Morgan fingerprint density at radius 2 is 1.64 bits per heavy atom. The summed E-state index contributed by atoms with van der Waals surface area (Å²) in [4.78, 5) is 48.7. The second-order valence-electron chi connectivity index (χ2n) is 12.3. The molecule has 232 valence electrons. The molecule has 4 aliphatic heterocycles. The number of anilines is 2. The lowest BCUT2D eigenvalue weighted by Crippen LogP contribution is -2.59. The molecule has 2 aromatic rings. The van der Waals surface area contributed by atoms with Gasteiger partial charge in [-0.3, -0.25) is 14.4 Å². The summed E-state index contributed by atoms with van der Waals surface area (Å²) in [6.07, 6.45) is 7.35. The van der Waals surface area contributed by atoms with Crippen molar-refractivity contribution in [3.63, 3.8) is 0 Å². The molecule has 10 heteroatoms. The van der Waals surface area contributed by atoms with Crippen molar-refractivity contribution in [2.24, 2.45) is 17.8 Å². The van der Waals surface area contributed by atoms with Crippen molar-refractivity contribution in [2.45, 2.75) is 51.0 Å². The monoisotopic (exact) mass is 619 g/mol. The number of para-hydroxylation sites is 1. The minimum absolute atomic E-state index is 0.176. The summed E-state index contributed by atoms with van der Waals surface area (Å²) in [6.45, 7) is 8.20. The van der Waals surface area contributed by atoms with Gasteiger partial charge in [0.05, 0.1) is 47.4 Å². The van der Waals surface area contributed by atoms with Gasteiger partial charge < -0.3 is 29.3 Å². The minimum Gasteiger partial charge on any atom is -0.494 e. The number of fused-ring (bicyclic) bond motifs is 2. The maximum Gasteiger partial charge on any atom is 0.253 e. The zero-order valence-corrected chi connectivity index (χ0v) is 26.1. The smallest absolute Gasteiger partial charge is 0.253 e. The van der Waals surface area contributed by atoms with Crippen LogP contribution in [0.15, 0.2) is 72.8 Å². The Morgan fingerprint density at radius 1 is 0.955 bits per heavy atom. The van der Waals surface area contributed by atoms with Crippen molar-refractivity contribution in [3.05, 3.63) is 77.9 Å². The van der Waals surface area contributed by atoms with E-state index in [0.29, 0.717) is 35.3 Å². The third-order valence-electron chi connectivity index (χ3n) is 9.41. The quantitative estimate of drug-likeness (QED) is 0.466. The molecule has 4 aliphatic rings. The molecule has 6 atom stereocenters. The number of ether oxygens (including phenoxy) is 2. The topological polar surface area (TPSA) is 99.6 Å². The highest BCUT2D eigenvalue weighted by atomic mass is 35.5. The number of carbonyl (C=O) groups excluding carboxylic acids is 3. The van der Waals surface area contributed by atoms with Gasteiger partial charge in [0.15, 0.2) is 0 Å². The largest absolute Gasteiger partial charge is 0.494 e. The Morgan fingerprint density at radius 3 is 2.30 bits per heavy atom. The molecule has 0 aromatic heterocycles. The van der Waals surface area contributed by atoms with E-state index in [1.54, 1.807) is 40.1 Å². The van der Waals surface area contributed by atoms with E-state index in [4.69, 9.17) is 21.1 Å². The summed E-state index contributed by atoms with van der Waals surface area (Å²) < 4.78 is 12.5. The molecule has 4 heterocycles. The summed E-state index contributed by atoms with van der Waals surface area (Å²) in [6, 6.07) is 12.5. The van der Waals surface area contributed by atoms with Gasteiger partial charge in [-0.1, -0.05) is 61.9 Å². The fraction of sp³-hybridized carbons (Fsp3) is 0.441. The van der Waals surface area contributed by atoms with Gasteiger partial charge in [-0.2, -0.15) is 0 Å². The lowest BCUT2D eigenvalue weighted by Gasteiger charge is -2.41. The molecule has 1 spiro atoms. The van der Waals surface area contributed by atoms with Crippen molar-refractivity contribution < 1.29 is 29.0 Å². The zero-order chi connectivity index (χ0) is 31.4. The molecule has 2 fully saturated rings. The standard InChI is InChI=1S/C34H38ClN3O6/c1-5-43-23-14-12-22(13-15-23)36-18-8-16-33(4)27(30(36)40)28-31(41)38(26(20-39)21(2)3)29-32(42)37(19-9-17-34(28,29)44-33)25-11-7-6-10-24(25)35/h6-17,21,26-29,39H,5,18-20H2,1-4H3/t26-,27+,28-,29?,33-,34-/m0/s1. The summed E-state index contributed by atoms with van der Waals surface area (Å²) in [5.41, 5.74) is -1.44. The van der Waals surface area contributed by atoms with E-state index >= 15 is 0 Å². The normalized spacial score (nSPS) is 30.3. The number of benzene rings is 2. The van der Waals surface area contributed by atoms with E-state index in [1.807, 2.05) is 70.2 Å². The first-order chi connectivity index (χ1) is 21.1. The highest BCUT2D eigenvalue weighted by molar-refractivity contribution is 6.34. The van der Waals surface area contributed by atoms with Crippen molar-refractivity contribution >= 4 is 40.7 Å². The predicted octanol–water partition coefficient (Wildman–Crippen LogP) is 4.23. The minimum atomic E-state index is -1.45. The Balaban J connectivity index is 1.48. The van der Waals surface area contributed by atoms with Gasteiger partial charge in [0, 0.05) is 18.8 Å².